The van der Waals surface area contributed by atoms with E-state index in [1.165, 1.54) is 13.1 Å². The van der Waals surface area contributed by atoms with Gasteiger partial charge in [-0.05, 0) is 43.5 Å². The third kappa shape index (κ3) is 4.78. The zero-order valence-electron chi connectivity index (χ0n) is 15.3. The van der Waals surface area contributed by atoms with Crippen LogP contribution in [0.25, 0.3) is 0 Å². The van der Waals surface area contributed by atoms with E-state index in [0.717, 1.165) is 19.5 Å². The van der Waals surface area contributed by atoms with Gasteiger partial charge in [0.1, 0.15) is 0 Å². The molecule has 1 atom stereocenters. The largest absolute Gasteiger partial charge is 0.327 e. The number of carbonyl (C=O) groups is 1. The van der Waals surface area contributed by atoms with Gasteiger partial charge >= 0.3 is 0 Å². The Bertz CT molecular complexity index is 746. The summed E-state index contributed by atoms with van der Waals surface area (Å²) in [6, 6.07) is 5.01. The maximum atomic E-state index is 12.3. The number of nitrogens with zero attached hydrogens (tertiary/aromatic N) is 1. The quantitative estimate of drug-likeness (QED) is 0.716. The Morgan fingerprint density at radius 2 is 2.08 bits per heavy atom. The van der Waals surface area contributed by atoms with Crippen molar-refractivity contribution in [3.05, 3.63) is 23.8 Å². The smallest absolute Gasteiger partial charge is 0.240 e. The van der Waals surface area contributed by atoms with E-state index in [0.29, 0.717) is 11.3 Å². The lowest BCUT2D eigenvalue weighted by Gasteiger charge is -2.42. The Balaban J connectivity index is 2.05. The summed E-state index contributed by atoms with van der Waals surface area (Å²) in [7, 11) is -2.20. The molecule has 1 unspecified atom stereocenters. The highest BCUT2D eigenvalue weighted by atomic mass is 32.2. The van der Waals surface area contributed by atoms with Gasteiger partial charge in [0.15, 0.2) is 0 Å². The van der Waals surface area contributed by atoms with Gasteiger partial charge in [-0.2, -0.15) is 0 Å². The van der Waals surface area contributed by atoms with Crippen molar-refractivity contribution < 1.29 is 13.2 Å². The molecule has 0 radical (unpaired) electrons. The number of benzene rings is 1. The second kappa shape index (κ2) is 7.41. The summed E-state index contributed by atoms with van der Waals surface area (Å²) in [5, 5.41) is 2.79. The summed E-state index contributed by atoms with van der Waals surface area (Å²) in [5.41, 5.74) is 7.19. The summed E-state index contributed by atoms with van der Waals surface area (Å²) >= 11 is 0. The lowest BCUT2D eigenvalue weighted by Crippen LogP contribution is -2.53. The normalized spacial score (nSPS) is 21.1. The van der Waals surface area contributed by atoms with E-state index in [1.54, 1.807) is 19.1 Å². The van der Waals surface area contributed by atoms with E-state index in [-0.39, 0.29) is 28.8 Å². The molecular formula is C17H28N4O3S. The molecule has 0 aliphatic carbocycles. The minimum absolute atomic E-state index is 0.0313. The van der Waals surface area contributed by atoms with Crippen molar-refractivity contribution in [3.8, 4) is 0 Å². The number of sulfonamides is 1. The Hall–Kier alpha value is -1.48. The molecule has 1 aliphatic heterocycles. The summed E-state index contributed by atoms with van der Waals surface area (Å²) in [6.07, 6.45) is 0.857. The number of piperidine rings is 1. The Kier molecular flexibility index (Phi) is 5.88. The molecule has 2 rings (SSSR count). The second-order valence-electron chi connectivity index (χ2n) is 7.33. The Morgan fingerprint density at radius 1 is 1.40 bits per heavy atom. The molecule has 1 aromatic carbocycles. The average Bonchev–Trinajstić information content (AvgIpc) is 2.52. The molecule has 1 heterocycles. The van der Waals surface area contributed by atoms with Crippen LogP contribution in [0.3, 0.4) is 0 Å². The van der Waals surface area contributed by atoms with E-state index in [9.17, 15) is 13.2 Å². The number of carbonyl (C=O) groups excluding carboxylic acids is 1. The predicted molar refractivity (Wildman–Crippen MR) is 98.9 cm³/mol. The van der Waals surface area contributed by atoms with Crippen LogP contribution in [0.15, 0.2) is 23.1 Å². The minimum atomic E-state index is -3.56. The molecule has 8 heteroatoms. The van der Waals surface area contributed by atoms with Crippen LogP contribution >= 0.6 is 0 Å². The number of likely N-dealkylation sites (tertiary alicyclic amines) is 1. The number of rotatable bonds is 5. The highest BCUT2D eigenvalue weighted by Crippen LogP contribution is 2.27. The van der Waals surface area contributed by atoms with Crippen LogP contribution < -0.4 is 15.8 Å². The SMILES string of the molecule is CNS(=O)(=O)c1cc(NC(=O)CN2CCC(N)C(C)(C)C2)ccc1C. The number of hydrogen-bond donors (Lipinski definition) is 3. The van der Waals surface area contributed by atoms with Crippen molar-refractivity contribution in [3.63, 3.8) is 0 Å². The van der Waals surface area contributed by atoms with Gasteiger partial charge in [0, 0.05) is 24.8 Å². The first kappa shape index (κ1) is 19.8. The van der Waals surface area contributed by atoms with Gasteiger partial charge in [0.2, 0.25) is 15.9 Å². The molecule has 1 fully saturated rings. The summed E-state index contributed by atoms with van der Waals surface area (Å²) in [4.78, 5) is 14.6. The van der Waals surface area contributed by atoms with Crippen molar-refractivity contribution in [2.45, 2.75) is 38.1 Å². The molecule has 0 spiro atoms. The van der Waals surface area contributed by atoms with Crippen LogP contribution in [0.2, 0.25) is 0 Å². The summed E-state index contributed by atoms with van der Waals surface area (Å²) < 4.78 is 26.4. The van der Waals surface area contributed by atoms with Gasteiger partial charge in [-0.1, -0.05) is 19.9 Å². The summed E-state index contributed by atoms with van der Waals surface area (Å²) in [6.45, 7) is 7.74. The van der Waals surface area contributed by atoms with Gasteiger partial charge in [0.05, 0.1) is 11.4 Å². The number of amides is 1. The highest BCUT2D eigenvalue weighted by Gasteiger charge is 2.33. The third-order valence-electron chi connectivity index (χ3n) is 4.79. The molecule has 4 N–H and O–H groups in total. The molecule has 7 nitrogen and oxygen atoms in total. The molecule has 25 heavy (non-hydrogen) atoms. The van der Waals surface area contributed by atoms with E-state index in [2.05, 4.69) is 28.8 Å². The monoisotopic (exact) mass is 368 g/mol. The van der Waals surface area contributed by atoms with E-state index >= 15 is 0 Å². The maximum absolute atomic E-state index is 12.3. The van der Waals surface area contributed by atoms with E-state index in [4.69, 9.17) is 5.73 Å². The zero-order chi connectivity index (χ0) is 18.8. The number of aryl methyl sites for hydroxylation is 1. The first-order valence-corrected chi connectivity index (χ1v) is 9.85. The van der Waals surface area contributed by atoms with Crippen molar-refractivity contribution >= 4 is 21.6 Å². The van der Waals surface area contributed by atoms with Crippen LogP contribution in [0.4, 0.5) is 5.69 Å². The van der Waals surface area contributed by atoms with Gasteiger partial charge in [-0.25, -0.2) is 13.1 Å². The van der Waals surface area contributed by atoms with Gasteiger partial charge < -0.3 is 11.1 Å². The first-order chi connectivity index (χ1) is 11.5. The van der Waals surface area contributed by atoms with Crippen LogP contribution in [-0.4, -0.2) is 51.9 Å². The van der Waals surface area contributed by atoms with Gasteiger partial charge in [-0.3, -0.25) is 9.69 Å². The number of anilines is 1. The van der Waals surface area contributed by atoms with Crippen molar-refractivity contribution in [1.29, 1.82) is 0 Å². The van der Waals surface area contributed by atoms with E-state index < -0.39 is 10.0 Å². The lowest BCUT2D eigenvalue weighted by molar-refractivity contribution is -0.118. The number of nitrogens with two attached hydrogens (primary N) is 1. The lowest BCUT2D eigenvalue weighted by atomic mass is 9.80. The fourth-order valence-electron chi connectivity index (χ4n) is 3.10. The van der Waals surface area contributed by atoms with Crippen LogP contribution in [0, 0.1) is 12.3 Å². The molecule has 1 aliphatic rings. The number of nitrogens with one attached hydrogen (secondary N) is 2. The second-order valence-corrected chi connectivity index (χ2v) is 9.19. The van der Waals surface area contributed by atoms with E-state index in [1.807, 2.05) is 0 Å². The number of hydrogen-bond acceptors (Lipinski definition) is 5. The molecular weight excluding hydrogens is 340 g/mol. The summed E-state index contributed by atoms with van der Waals surface area (Å²) in [5.74, 6) is -0.164. The molecule has 1 saturated heterocycles. The third-order valence-corrected chi connectivity index (χ3v) is 6.34. The van der Waals surface area contributed by atoms with Crippen LogP contribution in [0.1, 0.15) is 25.8 Å². The molecule has 0 saturated carbocycles. The van der Waals surface area contributed by atoms with Crippen molar-refractivity contribution in [2.24, 2.45) is 11.1 Å². The van der Waals surface area contributed by atoms with Crippen LogP contribution in [-0.2, 0) is 14.8 Å². The predicted octanol–water partition coefficient (Wildman–Crippen LogP) is 0.901. The zero-order valence-corrected chi connectivity index (χ0v) is 16.1. The molecule has 1 amide bonds. The molecule has 1 aromatic rings. The van der Waals surface area contributed by atoms with Crippen molar-refractivity contribution in [2.75, 3.05) is 32.0 Å². The van der Waals surface area contributed by atoms with Crippen molar-refractivity contribution in [1.82, 2.24) is 9.62 Å². The Labute approximate surface area is 150 Å². The van der Waals surface area contributed by atoms with Gasteiger partial charge in [-0.15, -0.1) is 0 Å². The topological polar surface area (TPSA) is 105 Å². The first-order valence-electron chi connectivity index (χ1n) is 8.37. The average molecular weight is 369 g/mol. The molecule has 0 bridgehead atoms. The minimum Gasteiger partial charge on any atom is -0.327 e. The van der Waals surface area contributed by atoms with Crippen LogP contribution in [0.5, 0.6) is 0 Å². The highest BCUT2D eigenvalue weighted by molar-refractivity contribution is 7.89. The fourth-order valence-corrected chi connectivity index (χ4v) is 4.09. The Morgan fingerprint density at radius 3 is 2.68 bits per heavy atom. The standard InChI is InChI=1S/C17H28N4O3S/c1-12-5-6-13(9-14(12)25(23,24)19-4)20-16(22)10-21-8-7-15(18)17(2,3)11-21/h5-6,9,15,19H,7-8,10-11,18H2,1-4H3,(H,20,22). The molecule has 140 valence electrons. The molecule has 0 aromatic heterocycles. The fraction of sp³-hybridized carbons (Fsp3) is 0.588. The maximum Gasteiger partial charge on any atom is 0.240 e. The van der Waals surface area contributed by atoms with Gasteiger partial charge in [0.25, 0.3) is 0 Å².